The number of rotatable bonds is 2. The number of hydrogen-bond donors (Lipinski definition) is 1. The van der Waals surface area contributed by atoms with Gasteiger partial charge in [-0.15, -0.1) is 0 Å². The zero-order valence-electron chi connectivity index (χ0n) is 10.6. The number of aromatic nitrogens is 2. The summed E-state index contributed by atoms with van der Waals surface area (Å²) in [7, 11) is 1.62. The van der Waals surface area contributed by atoms with Gasteiger partial charge >= 0.3 is 0 Å². The van der Waals surface area contributed by atoms with Gasteiger partial charge in [0.2, 0.25) is 5.95 Å². The molecule has 0 aliphatic heterocycles. The number of nitrogens with zero attached hydrogens (tertiary/aromatic N) is 2. The average Bonchev–Trinajstić information content (AvgIpc) is 2.76. The first kappa shape index (κ1) is 13.3. The molecule has 0 aliphatic carbocycles. The van der Waals surface area contributed by atoms with Crippen LogP contribution in [0.3, 0.4) is 0 Å². The van der Waals surface area contributed by atoms with E-state index in [4.69, 9.17) is 22.1 Å². The lowest BCUT2D eigenvalue weighted by atomic mass is 10.2. The number of benzene rings is 2. The topological polar surface area (TPSA) is 53.1 Å². The van der Waals surface area contributed by atoms with Crippen LogP contribution >= 0.6 is 27.5 Å². The third-order valence-corrected chi connectivity index (χ3v) is 3.85. The van der Waals surface area contributed by atoms with Crippen molar-refractivity contribution in [2.24, 2.45) is 0 Å². The van der Waals surface area contributed by atoms with E-state index in [2.05, 4.69) is 20.9 Å². The molecule has 3 aromatic rings. The van der Waals surface area contributed by atoms with Crippen molar-refractivity contribution in [2.75, 3.05) is 12.8 Å². The Morgan fingerprint density at radius 2 is 2.05 bits per heavy atom. The molecule has 0 fully saturated rings. The number of fused-ring (bicyclic) bond motifs is 1. The van der Waals surface area contributed by atoms with Gasteiger partial charge in [-0.05, 0) is 30.3 Å². The molecule has 4 nitrogen and oxygen atoms in total. The molecule has 0 saturated heterocycles. The SMILES string of the molecule is COc1ccc2c(c1)nc(N)n2-c1cc(Br)ccc1Cl. The van der Waals surface area contributed by atoms with Crippen LogP contribution in [0.1, 0.15) is 0 Å². The van der Waals surface area contributed by atoms with Crippen LogP contribution in [0.4, 0.5) is 5.95 Å². The molecule has 6 heteroatoms. The molecule has 3 rings (SSSR count). The highest BCUT2D eigenvalue weighted by molar-refractivity contribution is 9.10. The Kier molecular flexibility index (Phi) is 3.31. The molecule has 2 N–H and O–H groups in total. The third kappa shape index (κ3) is 2.13. The summed E-state index contributed by atoms with van der Waals surface area (Å²) in [5.74, 6) is 1.12. The van der Waals surface area contributed by atoms with Crippen molar-refractivity contribution in [1.82, 2.24) is 9.55 Å². The quantitative estimate of drug-likeness (QED) is 0.757. The molecule has 1 heterocycles. The number of halogens is 2. The van der Waals surface area contributed by atoms with Gasteiger partial charge in [0.15, 0.2) is 0 Å². The zero-order chi connectivity index (χ0) is 14.3. The Bertz CT molecular complexity index is 800. The fraction of sp³-hybridized carbons (Fsp3) is 0.0714. The fourth-order valence-electron chi connectivity index (χ4n) is 2.12. The van der Waals surface area contributed by atoms with Crippen LogP contribution in [0.25, 0.3) is 16.7 Å². The Balaban J connectivity index is 2.30. The van der Waals surface area contributed by atoms with Gasteiger partial charge in [0, 0.05) is 10.5 Å². The summed E-state index contributed by atoms with van der Waals surface area (Å²) < 4.78 is 7.94. The molecule has 0 bridgehead atoms. The van der Waals surface area contributed by atoms with Crippen molar-refractivity contribution in [3.05, 3.63) is 45.9 Å². The molecule has 2 aromatic carbocycles. The molecule has 0 saturated carbocycles. The monoisotopic (exact) mass is 351 g/mol. The van der Waals surface area contributed by atoms with Crippen LogP contribution in [0, 0.1) is 0 Å². The van der Waals surface area contributed by atoms with Gasteiger partial charge in [0.05, 0.1) is 28.9 Å². The molecule has 0 aliphatic rings. The third-order valence-electron chi connectivity index (χ3n) is 3.04. The van der Waals surface area contributed by atoms with Crippen molar-refractivity contribution in [3.63, 3.8) is 0 Å². The van der Waals surface area contributed by atoms with Crippen molar-refractivity contribution in [1.29, 1.82) is 0 Å². The van der Waals surface area contributed by atoms with E-state index < -0.39 is 0 Å². The molecule has 0 unspecified atom stereocenters. The number of imidazole rings is 1. The Morgan fingerprint density at radius 1 is 1.25 bits per heavy atom. The normalized spacial score (nSPS) is 10.9. The largest absolute Gasteiger partial charge is 0.497 e. The van der Waals surface area contributed by atoms with Crippen molar-refractivity contribution in [3.8, 4) is 11.4 Å². The van der Waals surface area contributed by atoms with Gasteiger partial charge < -0.3 is 10.5 Å². The second-order valence-corrected chi connectivity index (χ2v) is 5.58. The van der Waals surface area contributed by atoms with Gasteiger partial charge in [-0.25, -0.2) is 4.98 Å². The van der Waals surface area contributed by atoms with Gasteiger partial charge in [0.1, 0.15) is 5.75 Å². The summed E-state index contributed by atoms with van der Waals surface area (Å²) in [4.78, 5) is 4.36. The van der Waals surface area contributed by atoms with E-state index in [0.29, 0.717) is 11.0 Å². The lowest BCUT2D eigenvalue weighted by molar-refractivity contribution is 0.415. The number of methoxy groups -OCH3 is 1. The molecule has 0 spiro atoms. The van der Waals surface area contributed by atoms with E-state index in [1.807, 2.05) is 41.0 Å². The number of nitrogen functional groups attached to an aromatic ring is 1. The van der Waals surface area contributed by atoms with Gasteiger partial charge in [-0.3, -0.25) is 4.57 Å². The van der Waals surface area contributed by atoms with Crippen LogP contribution in [-0.2, 0) is 0 Å². The molecule has 1 aromatic heterocycles. The highest BCUT2D eigenvalue weighted by atomic mass is 79.9. The van der Waals surface area contributed by atoms with Gasteiger partial charge in [-0.1, -0.05) is 27.5 Å². The predicted molar refractivity (Wildman–Crippen MR) is 84.7 cm³/mol. The fourth-order valence-corrected chi connectivity index (χ4v) is 2.67. The zero-order valence-corrected chi connectivity index (χ0v) is 12.9. The van der Waals surface area contributed by atoms with Crippen LogP contribution in [0.2, 0.25) is 5.02 Å². The van der Waals surface area contributed by atoms with Crippen LogP contribution < -0.4 is 10.5 Å². The highest BCUT2D eigenvalue weighted by Crippen LogP contribution is 2.31. The summed E-state index contributed by atoms with van der Waals surface area (Å²) in [6, 6.07) is 11.2. The van der Waals surface area contributed by atoms with E-state index in [0.717, 1.165) is 26.9 Å². The number of ether oxygens (including phenoxy) is 1. The first-order chi connectivity index (χ1) is 9.60. The molecule has 0 atom stereocenters. The lowest BCUT2D eigenvalue weighted by Gasteiger charge is -2.09. The summed E-state index contributed by atoms with van der Waals surface area (Å²) in [5, 5.41) is 0.606. The average molecular weight is 353 g/mol. The number of hydrogen-bond acceptors (Lipinski definition) is 3. The first-order valence-corrected chi connectivity index (χ1v) is 7.04. The number of nitrogens with two attached hydrogens (primary N) is 1. The maximum absolute atomic E-state index is 6.27. The maximum Gasteiger partial charge on any atom is 0.205 e. The van der Waals surface area contributed by atoms with Crippen molar-refractivity contribution < 1.29 is 4.74 Å². The minimum atomic E-state index is 0.383. The second-order valence-electron chi connectivity index (χ2n) is 4.26. The lowest BCUT2D eigenvalue weighted by Crippen LogP contribution is -2.01. The Labute approximate surface area is 129 Å². The van der Waals surface area contributed by atoms with Gasteiger partial charge in [-0.2, -0.15) is 0 Å². The molecule has 0 radical (unpaired) electrons. The van der Waals surface area contributed by atoms with E-state index in [1.165, 1.54) is 0 Å². The summed E-state index contributed by atoms with van der Waals surface area (Å²) in [6.45, 7) is 0. The van der Waals surface area contributed by atoms with E-state index >= 15 is 0 Å². The van der Waals surface area contributed by atoms with Crippen molar-refractivity contribution in [2.45, 2.75) is 0 Å². The standard InChI is InChI=1S/C14H11BrClN3O/c1-20-9-3-5-12-11(7-9)18-14(17)19(12)13-6-8(15)2-4-10(13)16/h2-7H,1H3,(H2,17,18). The first-order valence-electron chi connectivity index (χ1n) is 5.87. The smallest absolute Gasteiger partial charge is 0.205 e. The predicted octanol–water partition coefficient (Wildman–Crippen LogP) is 4.03. The minimum absolute atomic E-state index is 0.383. The molecular formula is C14H11BrClN3O. The minimum Gasteiger partial charge on any atom is -0.497 e. The van der Waals surface area contributed by atoms with Crippen LogP contribution in [0.5, 0.6) is 5.75 Å². The maximum atomic E-state index is 6.27. The van der Waals surface area contributed by atoms with E-state index in [-0.39, 0.29) is 0 Å². The summed E-state index contributed by atoms with van der Waals surface area (Å²) in [5.41, 5.74) is 8.46. The highest BCUT2D eigenvalue weighted by Gasteiger charge is 2.13. The second kappa shape index (κ2) is 5.00. The molecule has 0 amide bonds. The summed E-state index contributed by atoms with van der Waals surface area (Å²) >= 11 is 9.71. The van der Waals surface area contributed by atoms with Crippen LogP contribution in [-0.4, -0.2) is 16.7 Å². The molecule has 20 heavy (non-hydrogen) atoms. The molecular weight excluding hydrogens is 342 g/mol. The Hall–Kier alpha value is -1.72. The molecule has 102 valence electrons. The van der Waals surface area contributed by atoms with Crippen molar-refractivity contribution >= 4 is 44.5 Å². The van der Waals surface area contributed by atoms with E-state index in [9.17, 15) is 0 Å². The van der Waals surface area contributed by atoms with E-state index in [1.54, 1.807) is 7.11 Å². The Morgan fingerprint density at radius 3 is 2.80 bits per heavy atom. The van der Waals surface area contributed by atoms with Gasteiger partial charge in [0.25, 0.3) is 0 Å². The van der Waals surface area contributed by atoms with Crippen LogP contribution in [0.15, 0.2) is 40.9 Å². The summed E-state index contributed by atoms with van der Waals surface area (Å²) in [6.07, 6.45) is 0. The number of anilines is 1.